The minimum atomic E-state index is 0.712. The van der Waals surface area contributed by atoms with E-state index in [2.05, 4.69) is 31.0 Å². The van der Waals surface area contributed by atoms with E-state index in [-0.39, 0.29) is 0 Å². The predicted octanol–water partition coefficient (Wildman–Crippen LogP) is 3.28. The fourth-order valence-corrected chi connectivity index (χ4v) is 4.04. The highest BCUT2D eigenvalue weighted by molar-refractivity contribution is 4.88. The summed E-state index contributed by atoms with van der Waals surface area (Å²) in [5, 5.41) is 3.57. The van der Waals surface area contributed by atoms with E-state index in [4.69, 9.17) is 0 Å². The van der Waals surface area contributed by atoms with Gasteiger partial charge in [0.15, 0.2) is 0 Å². The molecular weight excluding hydrogens is 220 g/mol. The van der Waals surface area contributed by atoms with Gasteiger partial charge >= 0.3 is 0 Å². The second-order valence-corrected chi connectivity index (χ2v) is 6.67. The lowest BCUT2D eigenvalue weighted by Gasteiger charge is -2.39. The molecule has 1 saturated heterocycles. The zero-order chi connectivity index (χ0) is 13.0. The van der Waals surface area contributed by atoms with Crippen LogP contribution < -0.4 is 5.32 Å². The van der Waals surface area contributed by atoms with Crippen molar-refractivity contribution in [1.82, 2.24) is 10.2 Å². The van der Waals surface area contributed by atoms with Crippen LogP contribution in [0.15, 0.2) is 0 Å². The van der Waals surface area contributed by atoms with Crippen molar-refractivity contribution in [3.8, 4) is 0 Å². The Labute approximate surface area is 114 Å². The Kier molecular flexibility index (Phi) is 5.50. The highest BCUT2D eigenvalue weighted by Gasteiger charge is 2.33. The SMILES string of the molecule is CCC1CCCC1N(CC1CCCNC1)C(C)C. The molecule has 2 nitrogen and oxygen atoms in total. The first kappa shape index (κ1) is 14.3. The summed E-state index contributed by atoms with van der Waals surface area (Å²) < 4.78 is 0. The van der Waals surface area contributed by atoms with Crippen molar-refractivity contribution in [2.75, 3.05) is 19.6 Å². The van der Waals surface area contributed by atoms with Gasteiger partial charge in [-0.3, -0.25) is 4.90 Å². The van der Waals surface area contributed by atoms with Gasteiger partial charge in [-0.05, 0) is 64.5 Å². The molecular formula is C16H32N2. The molecule has 2 fully saturated rings. The van der Waals surface area contributed by atoms with Crippen LogP contribution in [-0.4, -0.2) is 36.6 Å². The van der Waals surface area contributed by atoms with Gasteiger partial charge in [0.1, 0.15) is 0 Å². The highest BCUT2D eigenvalue weighted by atomic mass is 15.2. The second-order valence-electron chi connectivity index (χ2n) is 6.67. The van der Waals surface area contributed by atoms with E-state index in [1.54, 1.807) is 0 Å². The van der Waals surface area contributed by atoms with E-state index < -0.39 is 0 Å². The zero-order valence-corrected chi connectivity index (χ0v) is 12.6. The molecule has 0 aromatic heterocycles. The van der Waals surface area contributed by atoms with Crippen molar-refractivity contribution in [2.45, 2.75) is 71.4 Å². The van der Waals surface area contributed by atoms with Gasteiger partial charge in [0.25, 0.3) is 0 Å². The van der Waals surface area contributed by atoms with Crippen LogP contribution in [0.25, 0.3) is 0 Å². The Morgan fingerprint density at radius 1 is 1.17 bits per heavy atom. The summed E-state index contributed by atoms with van der Waals surface area (Å²) >= 11 is 0. The first-order valence-corrected chi connectivity index (χ1v) is 8.18. The molecule has 0 aromatic carbocycles. The molecule has 3 unspecified atom stereocenters. The molecule has 1 heterocycles. The summed E-state index contributed by atoms with van der Waals surface area (Å²) in [6, 6.07) is 1.58. The molecule has 0 radical (unpaired) electrons. The molecule has 0 spiro atoms. The fourth-order valence-electron chi connectivity index (χ4n) is 4.04. The van der Waals surface area contributed by atoms with Gasteiger partial charge in [-0.15, -0.1) is 0 Å². The normalized spacial score (nSPS) is 33.5. The first-order chi connectivity index (χ1) is 8.72. The van der Waals surface area contributed by atoms with Crippen molar-refractivity contribution in [3.05, 3.63) is 0 Å². The van der Waals surface area contributed by atoms with Crippen LogP contribution in [0.3, 0.4) is 0 Å². The molecule has 0 bridgehead atoms. The fraction of sp³-hybridized carbons (Fsp3) is 1.00. The highest BCUT2D eigenvalue weighted by Crippen LogP contribution is 2.34. The van der Waals surface area contributed by atoms with Gasteiger partial charge in [-0.25, -0.2) is 0 Å². The number of nitrogens with one attached hydrogen (secondary N) is 1. The third-order valence-corrected chi connectivity index (χ3v) is 5.10. The van der Waals surface area contributed by atoms with Crippen molar-refractivity contribution in [2.24, 2.45) is 11.8 Å². The van der Waals surface area contributed by atoms with Gasteiger partial charge in [0, 0.05) is 18.6 Å². The maximum Gasteiger partial charge on any atom is 0.0126 e. The van der Waals surface area contributed by atoms with E-state index in [1.807, 2.05) is 0 Å². The van der Waals surface area contributed by atoms with Crippen LogP contribution in [-0.2, 0) is 0 Å². The average Bonchev–Trinajstić information content (AvgIpc) is 2.84. The minimum absolute atomic E-state index is 0.712. The molecule has 2 heteroatoms. The van der Waals surface area contributed by atoms with Crippen LogP contribution in [0.1, 0.15) is 59.3 Å². The van der Waals surface area contributed by atoms with Crippen molar-refractivity contribution < 1.29 is 0 Å². The molecule has 3 atom stereocenters. The van der Waals surface area contributed by atoms with Crippen molar-refractivity contribution in [3.63, 3.8) is 0 Å². The summed E-state index contributed by atoms with van der Waals surface area (Å²) in [7, 11) is 0. The number of hydrogen-bond donors (Lipinski definition) is 1. The third kappa shape index (κ3) is 3.48. The molecule has 18 heavy (non-hydrogen) atoms. The zero-order valence-electron chi connectivity index (χ0n) is 12.6. The third-order valence-electron chi connectivity index (χ3n) is 5.10. The summed E-state index contributed by atoms with van der Waals surface area (Å²) in [6.45, 7) is 11.0. The number of nitrogens with zero attached hydrogens (tertiary/aromatic N) is 1. The summed E-state index contributed by atoms with van der Waals surface area (Å²) in [6.07, 6.45) is 8.54. The second kappa shape index (κ2) is 6.91. The summed E-state index contributed by atoms with van der Waals surface area (Å²) in [5.74, 6) is 1.85. The van der Waals surface area contributed by atoms with Crippen molar-refractivity contribution >= 4 is 0 Å². The van der Waals surface area contributed by atoms with Gasteiger partial charge in [-0.1, -0.05) is 19.8 Å². The van der Waals surface area contributed by atoms with E-state index in [0.29, 0.717) is 6.04 Å². The minimum Gasteiger partial charge on any atom is -0.316 e. The Hall–Kier alpha value is -0.0800. The van der Waals surface area contributed by atoms with Crippen LogP contribution in [0, 0.1) is 11.8 Å². The summed E-state index contributed by atoms with van der Waals surface area (Å²) in [4.78, 5) is 2.83. The largest absolute Gasteiger partial charge is 0.316 e. The van der Waals surface area contributed by atoms with Crippen LogP contribution in [0.5, 0.6) is 0 Å². The molecule has 0 amide bonds. The lowest BCUT2D eigenvalue weighted by atomic mass is 9.94. The lowest BCUT2D eigenvalue weighted by molar-refractivity contribution is 0.0927. The molecule has 0 aromatic rings. The Morgan fingerprint density at radius 3 is 2.61 bits per heavy atom. The van der Waals surface area contributed by atoms with E-state index in [0.717, 1.165) is 17.9 Å². The van der Waals surface area contributed by atoms with Crippen LogP contribution in [0.2, 0.25) is 0 Å². The van der Waals surface area contributed by atoms with E-state index in [1.165, 1.54) is 58.2 Å². The molecule has 2 rings (SSSR count). The molecule has 1 N–H and O–H groups in total. The van der Waals surface area contributed by atoms with E-state index in [9.17, 15) is 0 Å². The van der Waals surface area contributed by atoms with E-state index >= 15 is 0 Å². The molecule has 1 aliphatic carbocycles. The maximum absolute atomic E-state index is 3.57. The topological polar surface area (TPSA) is 15.3 Å². The monoisotopic (exact) mass is 252 g/mol. The Bertz CT molecular complexity index is 233. The predicted molar refractivity (Wildman–Crippen MR) is 78.9 cm³/mol. The van der Waals surface area contributed by atoms with Gasteiger partial charge in [0.2, 0.25) is 0 Å². The number of hydrogen-bond acceptors (Lipinski definition) is 2. The van der Waals surface area contributed by atoms with Gasteiger partial charge in [0.05, 0.1) is 0 Å². The molecule has 2 aliphatic rings. The van der Waals surface area contributed by atoms with Gasteiger partial charge in [-0.2, -0.15) is 0 Å². The van der Waals surface area contributed by atoms with Crippen molar-refractivity contribution in [1.29, 1.82) is 0 Å². The van der Waals surface area contributed by atoms with Crippen LogP contribution in [0.4, 0.5) is 0 Å². The standard InChI is InChI=1S/C16H32N2/c1-4-15-8-5-9-16(15)18(13(2)3)12-14-7-6-10-17-11-14/h13-17H,4-12H2,1-3H3. The number of piperidine rings is 1. The van der Waals surface area contributed by atoms with Gasteiger partial charge < -0.3 is 5.32 Å². The first-order valence-electron chi connectivity index (χ1n) is 8.18. The van der Waals surface area contributed by atoms with Crippen LogP contribution >= 0.6 is 0 Å². The average molecular weight is 252 g/mol. The molecule has 1 aliphatic heterocycles. The number of rotatable bonds is 5. The summed E-state index contributed by atoms with van der Waals surface area (Å²) in [5.41, 5.74) is 0. The molecule has 1 saturated carbocycles. The Balaban J connectivity index is 1.94. The lowest BCUT2D eigenvalue weighted by Crippen LogP contribution is -2.47. The smallest absolute Gasteiger partial charge is 0.0126 e. The maximum atomic E-state index is 3.57. The quantitative estimate of drug-likeness (QED) is 0.808. The molecule has 106 valence electrons. The Morgan fingerprint density at radius 2 is 2.00 bits per heavy atom.